The zero-order valence-corrected chi connectivity index (χ0v) is 34.0. The van der Waals surface area contributed by atoms with Crippen LogP contribution in [-0.2, 0) is 0 Å². The van der Waals surface area contributed by atoms with E-state index in [1.807, 2.05) is 12.1 Å². The van der Waals surface area contributed by atoms with Gasteiger partial charge in [0.1, 0.15) is 17.0 Å². The van der Waals surface area contributed by atoms with Crippen molar-refractivity contribution in [1.82, 2.24) is 14.5 Å². The second kappa shape index (κ2) is 15.0. The maximum atomic E-state index is 6.38. The molecular formula is C58H41N3O. The van der Waals surface area contributed by atoms with Crippen molar-refractivity contribution >= 4 is 43.7 Å². The number of aromatic nitrogens is 3. The lowest BCUT2D eigenvalue weighted by atomic mass is 9.85. The lowest BCUT2D eigenvalue weighted by molar-refractivity contribution is 0.669. The fraction of sp³-hybridized carbons (Fsp3) is 0.0690. The van der Waals surface area contributed by atoms with E-state index in [9.17, 15) is 0 Å². The van der Waals surface area contributed by atoms with Crippen LogP contribution in [0, 0.1) is 0 Å². The van der Waals surface area contributed by atoms with E-state index in [0.717, 1.165) is 74.2 Å². The number of rotatable bonds is 7. The average molecular weight is 796 g/mol. The Morgan fingerprint density at radius 3 is 1.85 bits per heavy atom. The highest BCUT2D eigenvalue weighted by molar-refractivity contribution is 6.11. The van der Waals surface area contributed by atoms with Crippen molar-refractivity contribution in [3.63, 3.8) is 0 Å². The van der Waals surface area contributed by atoms with Gasteiger partial charge in [-0.05, 0) is 89.7 Å². The van der Waals surface area contributed by atoms with Gasteiger partial charge >= 0.3 is 0 Å². The van der Waals surface area contributed by atoms with Crippen LogP contribution in [-0.4, -0.2) is 14.5 Å². The van der Waals surface area contributed by atoms with E-state index < -0.39 is 0 Å². The molecule has 0 N–H and O–H groups in total. The highest BCUT2D eigenvalue weighted by Crippen LogP contribution is 2.45. The molecule has 0 amide bonds. The van der Waals surface area contributed by atoms with Crippen LogP contribution in [0.2, 0.25) is 0 Å². The summed E-state index contributed by atoms with van der Waals surface area (Å²) >= 11 is 0. The molecular weight excluding hydrogens is 755 g/mol. The molecule has 4 heteroatoms. The number of benzene rings is 7. The van der Waals surface area contributed by atoms with Crippen molar-refractivity contribution in [1.29, 1.82) is 0 Å². The first kappa shape index (κ1) is 36.1. The zero-order chi connectivity index (χ0) is 41.0. The van der Waals surface area contributed by atoms with Gasteiger partial charge in [-0.3, -0.25) is 0 Å². The third kappa shape index (κ3) is 6.22. The van der Waals surface area contributed by atoms with E-state index in [-0.39, 0.29) is 11.8 Å². The predicted molar refractivity (Wildman–Crippen MR) is 257 cm³/mol. The van der Waals surface area contributed by atoms with Crippen molar-refractivity contribution in [3.8, 4) is 50.5 Å². The first-order valence-electron chi connectivity index (χ1n) is 21.5. The van der Waals surface area contributed by atoms with Crippen molar-refractivity contribution in [3.05, 3.63) is 224 Å². The topological polar surface area (TPSA) is 43.9 Å². The molecule has 10 aromatic rings. The first-order chi connectivity index (χ1) is 30.7. The molecule has 7 aromatic carbocycles. The molecule has 0 aliphatic heterocycles. The zero-order valence-electron chi connectivity index (χ0n) is 34.0. The minimum atomic E-state index is 0.0609. The number of hydrogen-bond acceptors (Lipinski definition) is 3. The maximum absolute atomic E-state index is 6.38. The summed E-state index contributed by atoms with van der Waals surface area (Å²) in [5.74, 6) is 1.01. The summed E-state index contributed by atoms with van der Waals surface area (Å²) in [5, 5.41) is 4.68. The van der Waals surface area contributed by atoms with Crippen LogP contribution in [0.1, 0.15) is 36.1 Å². The van der Waals surface area contributed by atoms with Crippen LogP contribution >= 0.6 is 0 Å². The Labute approximate surface area is 360 Å². The molecule has 12 rings (SSSR count). The predicted octanol–water partition coefficient (Wildman–Crippen LogP) is 15.3. The van der Waals surface area contributed by atoms with Gasteiger partial charge in [-0.25, -0.2) is 9.97 Å². The summed E-state index contributed by atoms with van der Waals surface area (Å²) < 4.78 is 8.90. The van der Waals surface area contributed by atoms with Gasteiger partial charge in [-0.2, -0.15) is 0 Å². The van der Waals surface area contributed by atoms with E-state index in [2.05, 4.69) is 205 Å². The molecule has 0 saturated heterocycles. The standard InChI is InChI=1S/C58H41N3O/c1-5-17-38(18-6-1)42-30-32-54-50(33-42)45-25-13-15-27-53(45)61(54)57-48(39-19-7-2-8-20-39)34-44(35-49(57)40-21-9-3-10-22-40)52-37-51(59-58(60-52)41-23-11-4-12-24-41)43-29-31-47-46-26-14-16-28-55(46)62-56(47)36-43/h1-21,23,25-37,40-41H,22,24H2/t40?,41-/m1/s1. The first-order valence-corrected chi connectivity index (χ1v) is 21.5. The number of para-hydroxylation sites is 2. The van der Waals surface area contributed by atoms with Crippen LogP contribution in [0.5, 0.6) is 0 Å². The van der Waals surface area contributed by atoms with E-state index >= 15 is 0 Å². The van der Waals surface area contributed by atoms with Gasteiger partial charge in [-0.1, -0.05) is 158 Å². The molecule has 0 saturated carbocycles. The molecule has 0 radical (unpaired) electrons. The minimum absolute atomic E-state index is 0.0609. The maximum Gasteiger partial charge on any atom is 0.136 e. The van der Waals surface area contributed by atoms with E-state index in [1.165, 1.54) is 44.2 Å². The molecule has 2 aliphatic rings. The van der Waals surface area contributed by atoms with Gasteiger partial charge < -0.3 is 8.98 Å². The summed E-state index contributed by atoms with van der Waals surface area (Å²) in [4.78, 5) is 10.7. The highest BCUT2D eigenvalue weighted by atomic mass is 16.3. The van der Waals surface area contributed by atoms with Crippen molar-refractivity contribution in [2.75, 3.05) is 0 Å². The van der Waals surface area contributed by atoms with Crippen LogP contribution < -0.4 is 0 Å². The SMILES string of the molecule is C1=CCC(c2cc(-c3cc(-c4ccc5c(c4)oc4ccccc45)nc([C@@H]4C=CC=CC4)n3)cc(-c3ccccc3)c2-n2c3ccccc3c3cc(-c4ccccc4)ccc32)C=C1. The number of furan rings is 1. The van der Waals surface area contributed by atoms with E-state index in [1.54, 1.807) is 0 Å². The summed E-state index contributed by atoms with van der Waals surface area (Å²) in [6.45, 7) is 0. The lowest BCUT2D eigenvalue weighted by Crippen LogP contribution is -2.09. The van der Waals surface area contributed by atoms with Gasteiger partial charge in [0.2, 0.25) is 0 Å². The van der Waals surface area contributed by atoms with Crippen LogP contribution in [0.15, 0.2) is 217 Å². The monoisotopic (exact) mass is 795 g/mol. The largest absolute Gasteiger partial charge is 0.456 e. The quantitative estimate of drug-likeness (QED) is 0.161. The van der Waals surface area contributed by atoms with E-state index in [0.29, 0.717) is 0 Å². The normalized spacial score (nSPS) is 16.0. The van der Waals surface area contributed by atoms with Gasteiger partial charge in [0.15, 0.2) is 0 Å². The number of hydrogen-bond donors (Lipinski definition) is 0. The van der Waals surface area contributed by atoms with Gasteiger partial charge in [0.05, 0.1) is 28.1 Å². The number of allylic oxidation sites excluding steroid dienone is 8. The molecule has 2 aliphatic carbocycles. The Bertz CT molecular complexity index is 3470. The molecule has 0 spiro atoms. The highest BCUT2D eigenvalue weighted by Gasteiger charge is 2.26. The van der Waals surface area contributed by atoms with Crippen molar-refractivity contribution in [2.45, 2.75) is 24.7 Å². The third-order valence-corrected chi connectivity index (χ3v) is 12.6. The fourth-order valence-electron chi connectivity index (χ4n) is 9.59. The molecule has 2 atom stereocenters. The second-order valence-corrected chi connectivity index (χ2v) is 16.4. The van der Waals surface area contributed by atoms with Crippen LogP contribution in [0.3, 0.4) is 0 Å². The smallest absolute Gasteiger partial charge is 0.136 e. The average Bonchev–Trinajstić information content (AvgIpc) is 3.89. The summed E-state index contributed by atoms with van der Waals surface area (Å²) in [6.07, 6.45) is 19.4. The molecule has 1 unspecified atom stereocenters. The molecule has 4 nitrogen and oxygen atoms in total. The Hall–Kier alpha value is -7.82. The lowest BCUT2D eigenvalue weighted by Gasteiger charge is -2.25. The van der Waals surface area contributed by atoms with Crippen LogP contribution in [0.4, 0.5) is 0 Å². The van der Waals surface area contributed by atoms with Crippen molar-refractivity contribution < 1.29 is 4.42 Å². The Morgan fingerprint density at radius 1 is 0.435 bits per heavy atom. The second-order valence-electron chi connectivity index (χ2n) is 16.4. The van der Waals surface area contributed by atoms with Gasteiger partial charge in [0.25, 0.3) is 0 Å². The summed E-state index contributed by atoms with van der Waals surface area (Å²) in [5.41, 5.74) is 15.1. The van der Waals surface area contributed by atoms with Crippen LogP contribution in [0.25, 0.3) is 94.2 Å². The number of fused-ring (bicyclic) bond motifs is 6. The molecule has 3 aromatic heterocycles. The Kier molecular flexibility index (Phi) is 8.74. The molecule has 0 bridgehead atoms. The molecule has 3 heterocycles. The Balaban J connectivity index is 1.12. The minimum Gasteiger partial charge on any atom is -0.456 e. The summed E-state index contributed by atoms with van der Waals surface area (Å²) in [7, 11) is 0. The van der Waals surface area contributed by atoms with Crippen molar-refractivity contribution in [2.24, 2.45) is 0 Å². The molecule has 62 heavy (non-hydrogen) atoms. The van der Waals surface area contributed by atoms with Gasteiger partial charge in [-0.15, -0.1) is 0 Å². The summed E-state index contributed by atoms with van der Waals surface area (Å²) in [6, 6.07) is 59.0. The number of nitrogens with zero attached hydrogens (tertiary/aromatic N) is 3. The third-order valence-electron chi connectivity index (χ3n) is 12.6. The molecule has 0 fully saturated rings. The molecule has 294 valence electrons. The van der Waals surface area contributed by atoms with E-state index in [4.69, 9.17) is 14.4 Å². The van der Waals surface area contributed by atoms with Gasteiger partial charge in [0, 0.05) is 50.1 Å². The fourth-order valence-corrected chi connectivity index (χ4v) is 9.59. The Morgan fingerprint density at radius 2 is 1.08 bits per heavy atom.